The van der Waals surface area contributed by atoms with Crippen LogP contribution in [0.25, 0.3) is 0 Å². The number of aliphatic carboxylic acids is 2. The van der Waals surface area contributed by atoms with Gasteiger partial charge in [0.2, 0.25) is 0 Å². The third-order valence-electron chi connectivity index (χ3n) is 3.51. The summed E-state index contributed by atoms with van der Waals surface area (Å²) in [6.45, 7) is 1.91. The van der Waals surface area contributed by atoms with Crippen LogP contribution >= 0.6 is 0 Å². The van der Waals surface area contributed by atoms with Crippen LogP contribution in [-0.4, -0.2) is 22.2 Å². The van der Waals surface area contributed by atoms with E-state index in [1.54, 1.807) is 0 Å². The highest BCUT2D eigenvalue weighted by Crippen LogP contribution is 2.43. The molecule has 0 aromatic heterocycles. The summed E-state index contributed by atoms with van der Waals surface area (Å²) in [6, 6.07) is 0. The van der Waals surface area contributed by atoms with Crippen LogP contribution in [0.3, 0.4) is 0 Å². The number of carboxylic acids is 2. The molecule has 1 saturated carbocycles. The lowest BCUT2D eigenvalue weighted by molar-refractivity contribution is -0.154. The Morgan fingerprint density at radius 3 is 2.13 bits per heavy atom. The van der Waals surface area contributed by atoms with Crippen LogP contribution in [0.1, 0.15) is 45.4 Å². The number of carboxylic acid groups (broad SMARTS) is 2. The summed E-state index contributed by atoms with van der Waals surface area (Å²) in [5.74, 6) is -2.73. The maximum absolute atomic E-state index is 11.1. The molecule has 2 N–H and O–H groups in total. The normalized spacial score (nSPS) is 21.9. The number of hydrogen-bond acceptors (Lipinski definition) is 2. The highest BCUT2D eigenvalue weighted by Gasteiger charge is 2.40. The van der Waals surface area contributed by atoms with Gasteiger partial charge in [-0.2, -0.15) is 0 Å². The highest BCUT2D eigenvalue weighted by molar-refractivity contribution is 5.78. The van der Waals surface area contributed by atoms with Crippen LogP contribution in [0.2, 0.25) is 0 Å². The molecule has 0 amide bonds. The SMILES string of the molecule is CC1(C(CC(=O)O)C(=O)O)CCCCC1. The fourth-order valence-electron chi connectivity index (χ4n) is 2.51. The van der Waals surface area contributed by atoms with E-state index in [9.17, 15) is 9.59 Å². The average molecular weight is 214 g/mol. The second-order valence-electron chi connectivity index (χ2n) is 4.70. The van der Waals surface area contributed by atoms with Crippen LogP contribution in [0.15, 0.2) is 0 Å². The van der Waals surface area contributed by atoms with Gasteiger partial charge in [0.1, 0.15) is 0 Å². The van der Waals surface area contributed by atoms with E-state index in [1.165, 1.54) is 0 Å². The lowest BCUT2D eigenvalue weighted by atomic mass is 9.66. The molecule has 0 radical (unpaired) electrons. The summed E-state index contributed by atoms with van der Waals surface area (Å²) in [6.07, 6.45) is 4.56. The van der Waals surface area contributed by atoms with Crippen molar-refractivity contribution < 1.29 is 19.8 Å². The van der Waals surface area contributed by atoms with E-state index in [1.807, 2.05) is 6.92 Å². The van der Waals surface area contributed by atoms with Crippen molar-refractivity contribution in [3.8, 4) is 0 Å². The second-order valence-corrected chi connectivity index (χ2v) is 4.70. The molecular weight excluding hydrogens is 196 g/mol. The van der Waals surface area contributed by atoms with E-state index in [-0.39, 0.29) is 11.8 Å². The fraction of sp³-hybridized carbons (Fsp3) is 0.818. The topological polar surface area (TPSA) is 74.6 Å². The van der Waals surface area contributed by atoms with Gasteiger partial charge in [-0.05, 0) is 18.3 Å². The Morgan fingerprint density at radius 2 is 1.73 bits per heavy atom. The zero-order valence-electron chi connectivity index (χ0n) is 9.03. The van der Waals surface area contributed by atoms with Crippen LogP contribution in [0.5, 0.6) is 0 Å². The van der Waals surface area contributed by atoms with Crippen molar-refractivity contribution in [3.05, 3.63) is 0 Å². The number of rotatable bonds is 4. The summed E-state index contributed by atoms with van der Waals surface area (Å²) in [5, 5.41) is 17.8. The Bertz CT molecular complexity index is 253. The van der Waals surface area contributed by atoms with Crippen LogP contribution in [-0.2, 0) is 9.59 Å². The van der Waals surface area contributed by atoms with E-state index in [0.29, 0.717) is 0 Å². The van der Waals surface area contributed by atoms with Gasteiger partial charge in [-0.15, -0.1) is 0 Å². The predicted octanol–water partition coefficient (Wildman–Crippen LogP) is 2.13. The smallest absolute Gasteiger partial charge is 0.307 e. The molecule has 0 aromatic rings. The maximum Gasteiger partial charge on any atom is 0.307 e. The molecule has 15 heavy (non-hydrogen) atoms. The minimum atomic E-state index is -1.02. The number of carbonyl (C=O) groups is 2. The fourth-order valence-corrected chi connectivity index (χ4v) is 2.51. The van der Waals surface area contributed by atoms with Crippen LogP contribution in [0, 0.1) is 11.3 Å². The van der Waals surface area contributed by atoms with Crippen molar-refractivity contribution in [2.45, 2.75) is 45.4 Å². The van der Waals surface area contributed by atoms with Gasteiger partial charge in [-0.1, -0.05) is 26.2 Å². The van der Waals surface area contributed by atoms with Crippen molar-refractivity contribution in [2.24, 2.45) is 11.3 Å². The van der Waals surface area contributed by atoms with Gasteiger partial charge in [0.15, 0.2) is 0 Å². The first-order valence-electron chi connectivity index (χ1n) is 5.40. The van der Waals surface area contributed by atoms with E-state index in [2.05, 4.69) is 0 Å². The van der Waals surface area contributed by atoms with Crippen molar-refractivity contribution in [3.63, 3.8) is 0 Å². The minimum Gasteiger partial charge on any atom is -0.481 e. The molecule has 0 saturated heterocycles. The van der Waals surface area contributed by atoms with Crippen molar-refractivity contribution in [1.82, 2.24) is 0 Å². The van der Waals surface area contributed by atoms with Crippen molar-refractivity contribution >= 4 is 11.9 Å². The Labute approximate surface area is 89.3 Å². The molecule has 0 aliphatic heterocycles. The Balaban J connectivity index is 2.76. The minimum absolute atomic E-state index is 0.258. The molecule has 4 nitrogen and oxygen atoms in total. The van der Waals surface area contributed by atoms with Crippen LogP contribution in [0.4, 0.5) is 0 Å². The molecule has 1 rings (SSSR count). The molecule has 0 aromatic carbocycles. The third kappa shape index (κ3) is 2.94. The molecule has 1 unspecified atom stereocenters. The van der Waals surface area contributed by atoms with Gasteiger partial charge in [0, 0.05) is 0 Å². The van der Waals surface area contributed by atoms with E-state index < -0.39 is 17.9 Å². The first kappa shape index (κ1) is 12.0. The summed E-state index contributed by atoms with van der Waals surface area (Å²) < 4.78 is 0. The molecule has 1 aliphatic rings. The highest BCUT2D eigenvalue weighted by atomic mass is 16.4. The van der Waals surface area contributed by atoms with Gasteiger partial charge < -0.3 is 10.2 Å². The lowest BCUT2D eigenvalue weighted by Gasteiger charge is -2.38. The molecule has 0 bridgehead atoms. The van der Waals surface area contributed by atoms with E-state index in [4.69, 9.17) is 10.2 Å². The molecule has 0 heterocycles. The first-order valence-corrected chi connectivity index (χ1v) is 5.40. The lowest BCUT2D eigenvalue weighted by Crippen LogP contribution is -2.36. The predicted molar refractivity (Wildman–Crippen MR) is 54.6 cm³/mol. The standard InChI is InChI=1S/C11H18O4/c1-11(5-3-2-4-6-11)8(10(14)15)7-9(12)13/h8H,2-7H2,1H3,(H,12,13)(H,14,15). The largest absolute Gasteiger partial charge is 0.481 e. The summed E-state index contributed by atoms with van der Waals surface area (Å²) >= 11 is 0. The van der Waals surface area contributed by atoms with E-state index >= 15 is 0 Å². The van der Waals surface area contributed by atoms with Gasteiger partial charge in [-0.25, -0.2) is 0 Å². The van der Waals surface area contributed by atoms with Gasteiger partial charge >= 0.3 is 11.9 Å². The zero-order valence-corrected chi connectivity index (χ0v) is 9.03. The zero-order chi connectivity index (χ0) is 11.5. The van der Waals surface area contributed by atoms with Gasteiger partial charge in [0.25, 0.3) is 0 Å². The monoisotopic (exact) mass is 214 g/mol. The Morgan fingerprint density at radius 1 is 1.20 bits per heavy atom. The van der Waals surface area contributed by atoms with E-state index in [0.717, 1.165) is 32.1 Å². The number of hydrogen-bond donors (Lipinski definition) is 2. The van der Waals surface area contributed by atoms with Crippen molar-refractivity contribution in [2.75, 3.05) is 0 Å². The molecular formula is C11H18O4. The maximum atomic E-state index is 11.1. The quantitative estimate of drug-likeness (QED) is 0.751. The molecule has 86 valence electrons. The Kier molecular flexibility index (Phi) is 3.72. The van der Waals surface area contributed by atoms with Gasteiger partial charge in [-0.3, -0.25) is 9.59 Å². The molecule has 1 atom stereocenters. The molecule has 1 aliphatic carbocycles. The van der Waals surface area contributed by atoms with Gasteiger partial charge in [0.05, 0.1) is 12.3 Å². The van der Waals surface area contributed by atoms with Crippen LogP contribution < -0.4 is 0 Å². The molecule has 1 fully saturated rings. The van der Waals surface area contributed by atoms with Crippen molar-refractivity contribution in [1.29, 1.82) is 0 Å². The third-order valence-corrected chi connectivity index (χ3v) is 3.51. The molecule has 0 spiro atoms. The molecule has 4 heteroatoms. The average Bonchev–Trinajstić information content (AvgIpc) is 2.14. The Hall–Kier alpha value is -1.06. The summed E-state index contributed by atoms with van der Waals surface area (Å²) in [4.78, 5) is 21.7. The summed E-state index contributed by atoms with van der Waals surface area (Å²) in [5.41, 5.74) is -0.331. The first-order chi connectivity index (χ1) is 6.96. The summed E-state index contributed by atoms with van der Waals surface area (Å²) in [7, 11) is 0. The second kappa shape index (κ2) is 4.64.